The van der Waals surface area contributed by atoms with Crippen LogP contribution in [0.3, 0.4) is 0 Å². The van der Waals surface area contributed by atoms with E-state index in [1.807, 2.05) is 26.0 Å². The van der Waals surface area contributed by atoms with Crippen molar-refractivity contribution < 1.29 is 9.47 Å². The summed E-state index contributed by atoms with van der Waals surface area (Å²) >= 11 is 0. The molecule has 5 heteroatoms. The first-order valence-electron chi connectivity index (χ1n) is 5.88. The summed E-state index contributed by atoms with van der Waals surface area (Å²) in [6.45, 7) is 3.80. The fourth-order valence-corrected chi connectivity index (χ4v) is 1.93. The van der Waals surface area contributed by atoms with Gasteiger partial charge >= 0.3 is 0 Å². The Kier molecular flexibility index (Phi) is 3.55. The van der Waals surface area contributed by atoms with Crippen molar-refractivity contribution in [2.75, 3.05) is 20.0 Å². The summed E-state index contributed by atoms with van der Waals surface area (Å²) in [5.74, 6) is 1.48. The van der Waals surface area contributed by atoms with Gasteiger partial charge in [-0.3, -0.25) is 0 Å². The van der Waals surface area contributed by atoms with E-state index >= 15 is 0 Å². The van der Waals surface area contributed by atoms with Gasteiger partial charge in [-0.05, 0) is 31.5 Å². The average Bonchev–Trinajstić information content (AvgIpc) is 2.42. The van der Waals surface area contributed by atoms with E-state index in [1.165, 1.54) is 6.33 Å². The highest BCUT2D eigenvalue weighted by Crippen LogP contribution is 2.37. The maximum absolute atomic E-state index is 6.05. The van der Waals surface area contributed by atoms with E-state index < -0.39 is 0 Å². The number of aromatic nitrogens is 2. The Hall–Kier alpha value is -2.30. The van der Waals surface area contributed by atoms with E-state index in [1.54, 1.807) is 14.2 Å². The molecule has 0 unspecified atom stereocenters. The molecule has 0 aliphatic carbocycles. The van der Waals surface area contributed by atoms with Crippen molar-refractivity contribution in [2.24, 2.45) is 0 Å². The lowest BCUT2D eigenvalue weighted by atomic mass is 10.0. The second kappa shape index (κ2) is 5.14. The van der Waals surface area contributed by atoms with E-state index in [4.69, 9.17) is 15.2 Å². The van der Waals surface area contributed by atoms with Crippen molar-refractivity contribution in [3.63, 3.8) is 0 Å². The van der Waals surface area contributed by atoms with E-state index in [2.05, 4.69) is 9.97 Å². The summed E-state index contributed by atoms with van der Waals surface area (Å²) in [5.41, 5.74) is 9.78. The quantitative estimate of drug-likeness (QED) is 0.916. The first kappa shape index (κ1) is 13.1. The minimum absolute atomic E-state index is 0.548. The van der Waals surface area contributed by atoms with E-state index in [9.17, 15) is 0 Å². The number of ether oxygens (including phenoxy) is 2. The molecule has 0 saturated carbocycles. The Labute approximate surface area is 112 Å². The van der Waals surface area contributed by atoms with Crippen molar-refractivity contribution in [2.45, 2.75) is 13.8 Å². The van der Waals surface area contributed by atoms with Gasteiger partial charge in [-0.2, -0.15) is 0 Å². The van der Waals surface area contributed by atoms with E-state index in [0.717, 1.165) is 22.6 Å². The molecule has 19 heavy (non-hydrogen) atoms. The second-order valence-electron chi connectivity index (χ2n) is 4.24. The normalized spacial score (nSPS) is 10.3. The minimum Gasteiger partial charge on any atom is -0.496 e. The first-order chi connectivity index (χ1) is 9.08. The number of nitrogens with zero attached hydrogens (tertiary/aromatic N) is 2. The molecule has 1 aromatic carbocycles. The number of hydrogen-bond donors (Lipinski definition) is 1. The highest BCUT2D eigenvalue weighted by Gasteiger charge is 2.15. The summed E-state index contributed by atoms with van der Waals surface area (Å²) < 4.78 is 10.7. The lowest BCUT2D eigenvalue weighted by Gasteiger charge is -2.14. The molecule has 0 amide bonds. The van der Waals surface area contributed by atoms with Gasteiger partial charge in [-0.1, -0.05) is 0 Å². The van der Waals surface area contributed by atoms with Gasteiger partial charge in [-0.25, -0.2) is 9.97 Å². The highest BCUT2D eigenvalue weighted by molar-refractivity contribution is 5.79. The van der Waals surface area contributed by atoms with Crippen LogP contribution in [0, 0.1) is 13.8 Å². The van der Waals surface area contributed by atoms with Crippen molar-refractivity contribution in [1.29, 1.82) is 0 Å². The molecule has 0 radical (unpaired) electrons. The lowest BCUT2D eigenvalue weighted by molar-refractivity contribution is 0.401. The fraction of sp³-hybridized carbons (Fsp3) is 0.286. The molecule has 0 bridgehead atoms. The SMILES string of the molecule is COc1cc(-c2ncnc(C)c2N)c(OC)cc1C. The molecule has 0 spiro atoms. The summed E-state index contributed by atoms with van der Waals surface area (Å²) in [4.78, 5) is 8.32. The van der Waals surface area contributed by atoms with Crippen LogP contribution >= 0.6 is 0 Å². The van der Waals surface area contributed by atoms with Crippen LogP contribution in [0.4, 0.5) is 5.69 Å². The van der Waals surface area contributed by atoms with Gasteiger partial charge in [0.05, 0.1) is 25.6 Å². The molecule has 2 aromatic rings. The molecule has 0 atom stereocenters. The van der Waals surface area contributed by atoms with Gasteiger partial charge in [0.2, 0.25) is 0 Å². The van der Waals surface area contributed by atoms with E-state index in [-0.39, 0.29) is 0 Å². The van der Waals surface area contributed by atoms with Crippen molar-refractivity contribution in [1.82, 2.24) is 9.97 Å². The summed E-state index contributed by atoms with van der Waals surface area (Å²) in [6, 6.07) is 3.79. The lowest BCUT2D eigenvalue weighted by Crippen LogP contribution is -2.01. The molecular weight excluding hydrogens is 242 g/mol. The number of methoxy groups -OCH3 is 2. The van der Waals surface area contributed by atoms with Crippen LogP contribution < -0.4 is 15.2 Å². The molecule has 2 N–H and O–H groups in total. The molecule has 0 aliphatic heterocycles. The van der Waals surface area contributed by atoms with Crippen molar-refractivity contribution >= 4 is 5.69 Å². The van der Waals surface area contributed by atoms with Gasteiger partial charge in [0.25, 0.3) is 0 Å². The van der Waals surface area contributed by atoms with Crippen molar-refractivity contribution in [3.8, 4) is 22.8 Å². The Balaban J connectivity index is 2.70. The standard InChI is InChI=1S/C14H17N3O2/c1-8-5-12(19-4)10(6-11(8)18-3)14-13(15)9(2)16-7-17-14/h5-7H,15H2,1-4H3. The Morgan fingerprint density at radius 2 is 1.68 bits per heavy atom. The average molecular weight is 259 g/mol. The third kappa shape index (κ3) is 2.31. The third-order valence-corrected chi connectivity index (χ3v) is 3.06. The molecular formula is C14H17N3O2. The van der Waals surface area contributed by atoms with Gasteiger partial charge in [0.1, 0.15) is 23.5 Å². The largest absolute Gasteiger partial charge is 0.496 e. The molecule has 1 aromatic heterocycles. The molecule has 2 rings (SSSR count). The Bertz CT molecular complexity index is 612. The fourth-order valence-electron chi connectivity index (χ4n) is 1.93. The van der Waals surface area contributed by atoms with Crippen molar-refractivity contribution in [3.05, 3.63) is 29.7 Å². The number of rotatable bonds is 3. The zero-order valence-corrected chi connectivity index (χ0v) is 11.5. The molecule has 0 saturated heterocycles. The van der Waals surface area contributed by atoms with Gasteiger partial charge in [-0.15, -0.1) is 0 Å². The topological polar surface area (TPSA) is 70.3 Å². The molecule has 0 fully saturated rings. The Morgan fingerprint density at radius 3 is 2.32 bits per heavy atom. The summed E-state index contributed by atoms with van der Waals surface area (Å²) in [6.07, 6.45) is 1.49. The predicted molar refractivity (Wildman–Crippen MR) is 74.5 cm³/mol. The molecule has 0 aliphatic rings. The highest BCUT2D eigenvalue weighted by atomic mass is 16.5. The predicted octanol–water partition coefficient (Wildman–Crippen LogP) is 2.36. The molecule has 5 nitrogen and oxygen atoms in total. The van der Waals surface area contributed by atoms with Crippen LogP contribution in [0.2, 0.25) is 0 Å². The van der Waals surface area contributed by atoms with Gasteiger partial charge in [0, 0.05) is 5.56 Å². The number of nitrogens with two attached hydrogens (primary N) is 1. The first-order valence-corrected chi connectivity index (χ1v) is 5.88. The number of anilines is 1. The molecule has 1 heterocycles. The van der Waals surface area contributed by atoms with Crippen LogP contribution in [0.5, 0.6) is 11.5 Å². The zero-order valence-electron chi connectivity index (χ0n) is 11.5. The number of benzene rings is 1. The van der Waals surface area contributed by atoms with Gasteiger partial charge < -0.3 is 15.2 Å². The van der Waals surface area contributed by atoms with E-state index in [0.29, 0.717) is 17.1 Å². The number of nitrogen functional groups attached to an aromatic ring is 1. The summed E-state index contributed by atoms with van der Waals surface area (Å²) in [7, 11) is 3.25. The molecule has 100 valence electrons. The maximum atomic E-state index is 6.05. The third-order valence-electron chi connectivity index (χ3n) is 3.06. The smallest absolute Gasteiger partial charge is 0.128 e. The van der Waals surface area contributed by atoms with Crippen LogP contribution in [0.25, 0.3) is 11.3 Å². The monoisotopic (exact) mass is 259 g/mol. The second-order valence-corrected chi connectivity index (χ2v) is 4.24. The van der Waals surface area contributed by atoms with Gasteiger partial charge in [0.15, 0.2) is 0 Å². The minimum atomic E-state index is 0.548. The Morgan fingerprint density at radius 1 is 1.00 bits per heavy atom. The van der Waals surface area contributed by atoms with Crippen LogP contribution in [0.15, 0.2) is 18.5 Å². The zero-order chi connectivity index (χ0) is 14.0. The number of hydrogen-bond acceptors (Lipinski definition) is 5. The van der Waals surface area contributed by atoms with Crippen LogP contribution in [0.1, 0.15) is 11.3 Å². The van der Waals surface area contributed by atoms with Crippen LogP contribution in [-0.2, 0) is 0 Å². The summed E-state index contributed by atoms with van der Waals surface area (Å²) in [5, 5.41) is 0. The maximum Gasteiger partial charge on any atom is 0.128 e. The number of aryl methyl sites for hydroxylation is 2. The van der Waals surface area contributed by atoms with Crippen LogP contribution in [-0.4, -0.2) is 24.2 Å².